The lowest BCUT2D eigenvalue weighted by atomic mass is 10.8. The van der Waals surface area contributed by atoms with Crippen molar-refractivity contribution in [1.82, 2.24) is 0 Å². The quantitative estimate of drug-likeness (QED) is 0.427. The second-order valence-electron chi connectivity index (χ2n) is 1.32. The van der Waals surface area contributed by atoms with Crippen LogP contribution >= 0.6 is 11.8 Å². The van der Waals surface area contributed by atoms with Gasteiger partial charge in [0.1, 0.15) is 0 Å². The molecule has 56 valence electrons. The van der Waals surface area contributed by atoms with Crippen molar-refractivity contribution in [3.05, 3.63) is 0 Å². The van der Waals surface area contributed by atoms with E-state index in [2.05, 4.69) is 0 Å². The molecule has 0 aliphatic carbocycles. The van der Waals surface area contributed by atoms with Crippen LogP contribution in [-0.4, -0.2) is 24.7 Å². The summed E-state index contributed by atoms with van der Waals surface area (Å²) >= 11 is 1.39. The topological polar surface area (TPSA) is 50.1 Å². The van der Waals surface area contributed by atoms with Gasteiger partial charge in [0.15, 0.2) is 0 Å². The minimum absolute atomic E-state index is 0.583. The van der Waals surface area contributed by atoms with Gasteiger partial charge >= 0.3 is 0 Å². The summed E-state index contributed by atoms with van der Waals surface area (Å²) in [4.78, 5) is 0. The van der Waals surface area contributed by atoms with Gasteiger partial charge in [-0.25, -0.2) is 11.5 Å². The van der Waals surface area contributed by atoms with Gasteiger partial charge in [0, 0.05) is 11.5 Å². The molecule has 1 fully saturated rings. The molecule has 0 aromatic heterocycles. The largest absolute Gasteiger partial charge is 0.448 e. The van der Waals surface area contributed by atoms with Gasteiger partial charge in [0.2, 0.25) is 0 Å². The fourth-order valence-electron chi connectivity index (χ4n) is 0.440. The number of thiol groups is 1. The summed E-state index contributed by atoms with van der Waals surface area (Å²) in [6, 6.07) is 0. The number of thioether (sulfide) groups is 1. The zero-order valence-electron chi connectivity index (χ0n) is 5.00. The Labute approximate surface area is 62.2 Å². The highest BCUT2D eigenvalue weighted by molar-refractivity contribution is 7.99. The average molecular weight is 168 g/mol. The molecule has 1 rings (SSSR count). The molecule has 0 radical (unpaired) electrons. The summed E-state index contributed by atoms with van der Waals surface area (Å²) in [5.41, 5.74) is 0. The van der Waals surface area contributed by atoms with E-state index in [-0.39, 0.29) is 0 Å². The molecule has 1 aliphatic rings. The number of rotatable bonds is 0. The lowest BCUT2D eigenvalue weighted by molar-refractivity contribution is 0.161. The van der Waals surface area contributed by atoms with E-state index < -0.39 is 11.5 Å². The van der Waals surface area contributed by atoms with E-state index in [9.17, 15) is 0 Å². The maximum atomic E-state index is 8.57. The lowest BCUT2D eigenvalue weighted by Crippen LogP contribution is -2.08. The van der Waals surface area contributed by atoms with Gasteiger partial charge < -0.3 is 13.7 Å². The summed E-state index contributed by atoms with van der Waals surface area (Å²) in [7, 11) is 0. The van der Waals surface area contributed by atoms with Crippen molar-refractivity contribution in [2.24, 2.45) is 0 Å². The first-order valence-electron chi connectivity index (χ1n) is 2.56. The summed E-state index contributed by atoms with van der Waals surface area (Å²) in [5.74, 6) is 2.39. The van der Waals surface area contributed by atoms with Crippen molar-refractivity contribution in [1.29, 1.82) is 4.78 Å². The van der Waals surface area contributed by atoms with Gasteiger partial charge in [-0.05, 0) is 0 Å². The molecule has 1 aliphatic heterocycles. The third-order valence-corrected chi connectivity index (χ3v) is 1.65. The van der Waals surface area contributed by atoms with Crippen LogP contribution < -0.4 is 0 Å². The number of ether oxygens (including phenoxy) is 1. The second kappa shape index (κ2) is 8.26. The Hall–Kier alpha value is 0.260. The standard InChI is InChI=1S/C4H8OS.H2NOS/c1-3-6-4-2-5-1;1-3-2/h1-4H2;1,3H/q;-1. The van der Waals surface area contributed by atoms with Crippen LogP contribution in [0.4, 0.5) is 0 Å². The molecule has 0 unspecified atom stereocenters. The average Bonchev–Trinajstić information content (AvgIpc) is 1.93. The first-order chi connectivity index (χ1) is 4.41. The third kappa shape index (κ3) is 8.26. The molecular formula is C4H10NO2S2-. The lowest BCUT2D eigenvalue weighted by Gasteiger charge is -2.07. The molecule has 0 aromatic rings. The summed E-state index contributed by atoms with van der Waals surface area (Å²) in [6.07, 6.45) is 0. The summed E-state index contributed by atoms with van der Waals surface area (Å²) < 4.78 is 19.2. The molecule has 0 bridgehead atoms. The van der Waals surface area contributed by atoms with Gasteiger partial charge in [-0.15, -0.1) is 0 Å². The molecule has 0 amide bonds. The van der Waals surface area contributed by atoms with Crippen molar-refractivity contribution >= 4 is 23.2 Å². The van der Waals surface area contributed by atoms with Crippen LogP contribution in [0.25, 0.3) is 0 Å². The van der Waals surface area contributed by atoms with Crippen LogP contribution in [0.5, 0.6) is 0 Å². The van der Waals surface area contributed by atoms with E-state index in [1.165, 1.54) is 11.5 Å². The highest BCUT2D eigenvalue weighted by Crippen LogP contribution is 2.03. The minimum Gasteiger partial charge on any atom is -0.448 e. The van der Waals surface area contributed by atoms with E-state index in [1.807, 2.05) is 11.8 Å². The maximum Gasteiger partial charge on any atom is 0.0557 e. The highest BCUT2D eigenvalue weighted by atomic mass is 32.2. The van der Waals surface area contributed by atoms with Crippen molar-refractivity contribution in [2.45, 2.75) is 0 Å². The zero-order chi connectivity index (χ0) is 6.95. The SMILES string of the molecule is C1CSCCO1.N=[SH-]=O. The number of hydrogen-bond donors (Lipinski definition) is 1. The van der Waals surface area contributed by atoms with E-state index in [1.54, 1.807) is 0 Å². The normalized spacial score (nSPS) is 17.8. The molecule has 1 saturated heterocycles. The Morgan fingerprint density at radius 1 is 1.44 bits per heavy atom. The molecular weight excluding hydrogens is 158 g/mol. The fourth-order valence-corrected chi connectivity index (χ4v) is 1.12. The van der Waals surface area contributed by atoms with E-state index in [4.69, 9.17) is 13.7 Å². The maximum absolute atomic E-state index is 8.57. The first-order valence-corrected chi connectivity index (χ1v) is 4.53. The van der Waals surface area contributed by atoms with Crippen LogP contribution in [0, 0.1) is 4.78 Å². The Bertz CT molecular complexity index is 77.1. The smallest absolute Gasteiger partial charge is 0.0557 e. The number of nitrogens with one attached hydrogen (secondary N) is 1. The van der Waals surface area contributed by atoms with E-state index >= 15 is 0 Å². The van der Waals surface area contributed by atoms with E-state index in [0.29, 0.717) is 0 Å². The van der Waals surface area contributed by atoms with Crippen molar-refractivity contribution in [3.8, 4) is 0 Å². The van der Waals surface area contributed by atoms with Gasteiger partial charge in [-0.3, -0.25) is 0 Å². The monoisotopic (exact) mass is 168 g/mol. The number of hydrogen-bond acceptors (Lipinski definition) is 5. The van der Waals surface area contributed by atoms with Crippen molar-refractivity contribution < 1.29 is 8.95 Å². The minimum atomic E-state index is -0.583. The van der Waals surface area contributed by atoms with Gasteiger partial charge in [0.05, 0.1) is 13.2 Å². The fraction of sp³-hybridized carbons (Fsp3) is 1.00. The summed E-state index contributed by atoms with van der Waals surface area (Å²) in [6.45, 7) is 1.93. The summed E-state index contributed by atoms with van der Waals surface area (Å²) in [5, 5.41) is 0. The highest BCUT2D eigenvalue weighted by Gasteiger charge is 1.95. The molecule has 5 heteroatoms. The Morgan fingerprint density at radius 3 is 2.00 bits per heavy atom. The molecule has 1 heterocycles. The molecule has 0 aromatic carbocycles. The third-order valence-electron chi connectivity index (χ3n) is 0.744. The predicted molar refractivity (Wildman–Crippen MR) is 40.3 cm³/mol. The van der Waals surface area contributed by atoms with Crippen LogP contribution in [-0.2, 0) is 20.4 Å². The predicted octanol–water partition coefficient (Wildman–Crippen LogP) is 0.659. The molecule has 0 atom stereocenters. The van der Waals surface area contributed by atoms with Crippen LogP contribution in [0.1, 0.15) is 0 Å². The molecule has 9 heavy (non-hydrogen) atoms. The van der Waals surface area contributed by atoms with Gasteiger partial charge in [0.25, 0.3) is 0 Å². The molecule has 0 spiro atoms. The Balaban J connectivity index is 0.000000187. The van der Waals surface area contributed by atoms with Crippen LogP contribution in [0.15, 0.2) is 0 Å². The van der Waals surface area contributed by atoms with Crippen molar-refractivity contribution in [2.75, 3.05) is 24.7 Å². The Morgan fingerprint density at radius 2 is 1.89 bits per heavy atom. The molecule has 3 nitrogen and oxygen atoms in total. The zero-order valence-corrected chi connectivity index (χ0v) is 6.71. The Kier molecular flexibility index (Phi) is 8.50. The van der Waals surface area contributed by atoms with Gasteiger partial charge in [-0.1, -0.05) is 0 Å². The first kappa shape index (κ1) is 9.26. The molecule has 1 N–H and O–H groups in total. The van der Waals surface area contributed by atoms with Crippen molar-refractivity contribution in [3.63, 3.8) is 0 Å². The second-order valence-corrected chi connectivity index (χ2v) is 2.72. The van der Waals surface area contributed by atoms with E-state index in [0.717, 1.165) is 13.2 Å². The molecule has 0 saturated carbocycles. The van der Waals surface area contributed by atoms with Crippen LogP contribution in [0.3, 0.4) is 0 Å². The van der Waals surface area contributed by atoms with Crippen LogP contribution in [0.2, 0.25) is 0 Å². The van der Waals surface area contributed by atoms with Gasteiger partial charge in [-0.2, -0.15) is 11.8 Å².